The maximum atomic E-state index is 12.4. The van der Waals surface area contributed by atoms with Crippen LogP contribution < -0.4 is 10.6 Å². The fraction of sp³-hybridized carbons (Fsp3) is 0.900. The number of piperazine rings is 1. The van der Waals surface area contributed by atoms with Gasteiger partial charge in [-0.05, 0) is 58.8 Å². The lowest BCUT2D eigenvalue weighted by molar-refractivity contribution is -0.149. The van der Waals surface area contributed by atoms with E-state index in [-0.39, 0.29) is 55.1 Å². The largest absolute Gasteiger partial charge is 0.466 e. The van der Waals surface area contributed by atoms with Crippen LogP contribution in [0.5, 0.6) is 0 Å². The molecule has 31 heavy (non-hydrogen) atoms. The van der Waals surface area contributed by atoms with Crippen LogP contribution in [0.1, 0.15) is 32.6 Å². The van der Waals surface area contributed by atoms with E-state index in [1.165, 1.54) is 12.8 Å². The minimum Gasteiger partial charge on any atom is -0.466 e. The van der Waals surface area contributed by atoms with Crippen molar-refractivity contribution in [2.45, 2.75) is 38.6 Å². The number of halogens is 3. The highest BCUT2D eigenvalue weighted by Crippen LogP contribution is 2.18. The van der Waals surface area contributed by atoms with Crippen molar-refractivity contribution in [1.82, 2.24) is 25.3 Å². The summed E-state index contributed by atoms with van der Waals surface area (Å²) in [6.07, 6.45) is 4.15. The summed E-state index contributed by atoms with van der Waals surface area (Å²) in [5, 5.41) is 6.49. The summed E-state index contributed by atoms with van der Waals surface area (Å²) >= 11 is 0. The van der Waals surface area contributed by atoms with E-state index in [1.807, 2.05) is 11.8 Å². The van der Waals surface area contributed by atoms with E-state index in [0.717, 1.165) is 71.7 Å². The van der Waals surface area contributed by atoms with Gasteiger partial charge >= 0.3 is 12.0 Å². The van der Waals surface area contributed by atoms with Gasteiger partial charge in [0.05, 0.1) is 12.5 Å². The van der Waals surface area contributed by atoms with E-state index < -0.39 is 0 Å². The molecule has 184 valence electrons. The second-order valence-electron chi connectivity index (χ2n) is 8.10. The molecule has 11 heteroatoms. The number of carbonyl (C=O) groups excluding carboxylic acids is 2. The molecule has 2 amide bonds. The molecule has 0 atom stereocenters. The Bertz CT molecular complexity index is 510. The predicted octanol–water partition coefficient (Wildman–Crippen LogP) is 1.61. The molecular weight excluding hydrogens is 465 g/mol. The molecular formula is C20H40Cl3N5O3. The number of urea groups is 1. The second-order valence-corrected chi connectivity index (χ2v) is 8.10. The number of likely N-dealkylation sites (tertiary alicyclic amines) is 1. The topological polar surface area (TPSA) is 77.2 Å². The van der Waals surface area contributed by atoms with Crippen LogP contribution in [0.15, 0.2) is 0 Å². The molecule has 3 fully saturated rings. The van der Waals surface area contributed by atoms with Gasteiger partial charge in [-0.15, -0.1) is 37.2 Å². The monoisotopic (exact) mass is 503 g/mol. The van der Waals surface area contributed by atoms with Crippen molar-refractivity contribution in [3.63, 3.8) is 0 Å². The van der Waals surface area contributed by atoms with Gasteiger partial charge in [0, 0.05) is 45.3 Å². The average molecular weight is 505 g/mol. The number of hydrogen-bond donors (Lipinski definition) is 2. The summed E-state index contributed by atoms with van der Waals surface area (Å²) in [6.45, 7) is 11.4. The maximum absolute atomic E-state index is 12.4. The van der Waals surface area contributed by atoms with Gasteiger partial charge in [-0.25, -0.2) is 4.79 Å². The van der Waals surface area contributed by atoms with Crippen molar-refractivity contribution < 1.29 is 14.3 Å². The van der Waals surface area contributed by atoms with Crippen LogP contribution in [0.2, 0.25) is 0 Å². The number of hydrogen-bond acceptors (Lipinski definition) is 6. The second kappa shape index (κ2) is 16.2. The number of ether oxygens (including phenoxy) is 1. The summed E-state index contributed by atoms with van der Waals surface area (Å²) in [4.78, 5) is 31.1. The molecule has 0 aromatic rings. The zero-order valence-corrected chi connectivity index (χ0v) is 21.0. The van der Waals surface area contributed by atoms with Crippen LogP contribution in [-0.4, -0.2) is 105 Å². The predicted molar refractivity (Wildman–Crippen MR) is 130 cm³/mol. The summed E-state index contributed by atoms with van der Waals surface area (Å²) in [7, 11) is 0. The van der Waals surface area contributed by atoms with E-state index in [0.29, 0.717) is 19.2 Å². The fourth-order valence-corrected chi connectivity index (χ4v) is 4.55. The third-order valence-electron chi connectivity index (χ3n) is 6.34. The Labute approximate surface area is 205 Å². The third-order valence-corrected chi connectivity index (χ3v) is 6.34. The first-order valence-electron chi connectivity index (χ1n) is 11.0. The minimum absolute atomic E-state index is 0. The van der Waals surface area contributed by atoms with Crippen LogP contribution >= 0.6 is 37.2 Å². The standard InChI is InChI=1S/C20H37N5O3.3ClH/c1-2-28-19(26)17-5-10-23(11-6-17)12-9-22-20(27)25-15-13-24(14-16-25)18-3-7-21-8-4-18;;;/h17-18,21H,2-16H2,1H3,(H,22,27);3*1H. The SMILES string of the molecule is CCOC(=O)C1CCN(CCNC(=O)N2CCN(C3CCNCC3)CC2)CC1.Cl.Cl.Cl. The van der Waals surface area contributed by atoms with E-state index in [2.05, 4.69) is 20.4 Å². The molecule has 8 nitrogen and oxygen atoms in total. The highest BCUT2D eigenvalue weighted by atomic mass is 35.5. The van der Waals surface area contributed by atoms with Crippen LogP contribution in [-0.2, 0) is 9.53 Å². The first-order valence-corrected chi connectivity index (χ1v) is 11.0. The zero-order valence-electron chi connectivity index (χ0n) is 18.6. The molecule has 0 radical (unpaired) electrons. The fourth-order valence-electron chi connectivity index (χ4n) is 4.55. The van der Waals surface area contributed by atoms with Crippen LogP contribution in [0, 0.1) is 5.92 Å². The van der Waals surface area contributed by atoms with Crippen molar-refractivity contribution >= 4 is 49.2 Å². The molecule has 2 N–H and O–H groups in total. The number of carbonyl (C=O) groups is 2. The quantitative estimate of drug-likeness (QED) is 0.535. The maximum Gasteiger partial charge on any atom is 0.317 e. The molecule has 0 spiro atoms. The summed E-state index contributed by atoms with van der Waals surface area (Å²) < 4.78 is 5.12. The van der Waals surface area contributed by atoms with E-state index in [4.69, 9.17) is 4.74 Å². The van der Waals surface area contributed by atoms with Crippen LogP contribution in [0.25, 0.3) is 0 Å². The van der Waals surface area contributed by atoms with Gasteiger partial charge in [0.25, 0.3) is 0 Å². The number of piperidine rings is 2. The number of esters is 1. The smallest absolute Gasteiger partial charge is 0.317 e. The Morgan fingerprint density at radius 1 is 0.935 bits per heavy atom. The highest BCUT2D eigenvalue weighted by molar-refractivity contribution is 5.86. The number of amides is 2. The van der Waals surface area contributed by atoms with Crippen molar-refractivity contribution in [2.24, 2.45) is 5.92 Å². The molecule has 3 aliphatic heterocycles. The molecule has 0 aliphatic carbocycles. The molecule has 0 saturated carbocycles. The summed E-state index contributed by atoms with van der Waals surface area (Å²) in [5.74, 6) is -0.0129. The summed E-state index contributed by atoms with van der Waals surface area (Å²) in [5.41, 5.74) is 0. The molecule has 0 bridgehead atoms. The lowest BCUT2D eigenvalue weighted by atomic mass is 9.97. The number of rotatable bonds is 6. The van der Waals surface area contributed by atoms with Crippen LogP contribution in [0.3, 0.4) is 0 Å². The lowest BCUT2D eigenvalue weighted by Crippen LogP contribution is -2.56. The van der Waals surface area contributed by atoms with Gasteiger partial charge in [0.1, 0.15) is 0 Å². The molecule has 3 aliphatic rings. The zero-order chi connectivity index (χ0) is 19.8. The molecule has 0 aromatic carbocycles. The van der Waals surface area contributed by atoms with Gasteiger partial charge in [-0.1, -0.05) is 0 Å². The van der Waals surface area contributed by atoms with Crippen LogP contribution in [0.4, 0.5) is 4.79 Å². The van der Waals surface area contributed by atoms with Gasteiger partial charge in [0.2, 0.25) is 0 Å². The highest BCUT2D eigenvalue weighted by Gasteiger charge is 2.28. The van der Waals surface area contributed by atoms with Gasteiger partial charge in [0.15, 0.2) is 0 Å². The number of nitrogens with one attached hydrogen (secondary N) is 2. The molecule has 3 heterocycles. The first-order chi connectivity index (χ1) is 13.7. The molecule has 3 saturated heterocycles. The normalized spacial score (nSPS) is 21.3. The van der Waals surface area contributed by atoms with Crippen molar-refractivity contribution in [3.8, 4) is 0 Å². The van der Waals surface area contributed by atoms with E-state index in [1.54, 1.807) is 0 Å². The summed E-state index contributed by atoms with van der Waals surface area (Å²) in [6, 6.07) is 0.746. The van der Waals surface area contributed by atoms with Gasteiger partial charge in [-0.3, -0.25) is 9.69 Å². The average Bonchev–Trinajstić information content (AvgIpc) is 2.75. The van der Waals surface area contributed by atoms with E-state index in [9.17, 15) is 9.59 Å². The van der Waals surface area contributed by atoms with Crippen molar-refractivity contribution in [3.05, 3.63) is 0 Å². The molecule has 0 unspecified atom stereocenters. The first kappa shape index (κ1) is 30.5. The Kier molecular flexibility index (Phi) is 15.9. The Balaban J connectivity index is 0.00000300. The van der Waals surface area contributed by atoms with Crippen molar-refractivity contribution in [1.29, 1.82) is 0 Å². The molecule has 3 rings (SSSR count). The van der Waals surface area contributed by atoms with Gasteiger partial charge in [-0.2, -0.15) is 0 Å². The lowest BCUT2D eigenvalue weighted by Gasteiger charge is -2.40. The Hall–Kier alpha value is -0.510. The number of nitrogens with zero attached hydrogens (tertiary/aromatic N) is 3. The van der Waals surface area contributed by atoms with E-state index >= 15 is 0 Å². The Morgan fingerprint density at radius 2 is 1.55 bits per heavy atom. The Morgan fingerprint density at radius 3 is 2.13 bits per heavy atom. The van der Waals surface area contributed by atoms with Gasteiger partial charge < -0.3 is 25.2 Å². The molecule has 0 aromatic heterocycles. The third kappa shape index (κ3) is 9.48. The minimum atomic E-state index is -0.0564. The van der Waals surface area contributed by atoms with Crippen molar-refractivity contribution in [2.75, 3.05) is 72.1 Å².